The molecule has 0 aliphatic carbocycles. The van der Waals surface area contributed by atoms with E-state index in [0.29, 0.717) is 16.3 Å². The van der Waals surface area contributed by atoms with E-state index in [1.807, 2.05) is 18.2 Å². The van der Waals surface area contributed by atoms with Crippen LogP contribution in [-0.2, 0) is 0 Å². The molecule has 0 radical (unpaired) electrons. The molecule has 0 saturated heterocycles. The van der Waals surface area contributed by atoms with Crippen molar-refractivity contribution in [2.75, 3.05) is 5.73 Å². The fraction of sp³-hybridized carbons (Fsp3) is 0. The highest BCUT2D eigenvalue weighted by Crippen LogP contribution is 2.14. The molecule has 0 aromatic heterocycles. The van der Waals surface area contributed by atoms with Crippen molar-refractivity contribution in [3.05, 3.63) is 70.8 Å². The Kier molecular flexibility index (Phi) is 3.80. The molecular weight excluding hydrogens is 246 g/mol. The maximum atomic E-state index is 11.9. The summed E-state index contributed by atoms with van der Waals surface area (Å²) in [5.41, 5.74) is 7.87. The van der Waals surface area contributed by atoms with Crippen molar-refractivity contribution in [3.63, 3.8) is 0 Å². The monoisotopic (exact) mass is 257 g/mol. The van der Waals surface area contributed by atoms with Crippen molar-refractivity contribution in [2.24, 2.45) is 0 Å². The van der Waals surface area contributed by atoms with E-state index >= 15 is 0 Å². The van der Waals surface area contributed by atoms with E-state index in [0.717, 1.165) is 5.56 Å². The third kappa shape index (κ3) is 2.99. The van der Waals surface area contributed by atoms with Crippen LogP contribution in [0.1, 0.15) is 15.9 Å². The number of ketones is 1. The van der Waals surface area contributed by atoms with E-state index in [1.165, 1.54) is 6.08 Å². The van der Waals surface area contributed by atoms with Crippen LogP contribution in [0.3, 0.4) is 0 Å². The summed E-state index contributed by atoms with van der Waals surface area (Å²) in [6.45, 7) is 0. The molecule has 2 N–H and O–H groups in total. The van der Waals surface area contributed by atoms with Crippen LogP contribution in [0.15, 0.2) is 54.6 Å². The molecular formula is C15H12ClNO. The highest BCUT2D eigenvalue weighted by Gasteiger charge is 2.01. The van der Waals surface area contributed by atoms with E-state index < -0.39 is 0 Å². The molecule has 0 saturated carbocycles. The van der Waals surface area contributed by atoms with Crippen molar-refractivity contribution in [3.8, 4) is 0 Å². The van der Waals surface area contributed by atoms with Gasteiger partial charge in [-0.25, -0.2) is 0 Å². The van der Waals surface area contributed by atoms with Crippen LogP contribution in [0.2, 0.25) is 5.02 Å². The summed E-state index contributed by atoms with van der Waals surface area (Å²) in [6.07, 6.45) is 3.22. The van der Waals surface area contributed by atoms with Crippen molar-refractivity contribution in [1.29, 1.82) is 0 Å². The van der Waals surface area contributed by atoms with Crippen LogP contribution in [0.5, 0.6) is 0 Å². The van der Waals surface area contributed by atoms with Crippen LogP contribution >= 0.6 is 11.6 Å². The summed E-state index contributed by atoms with van der Waals surface area (Å²) in [7, 11) is 0. The second-order valence-corrected chi connectivity index (χ2v) is 4.27. The van der Waals surface area contributed by atoms with E-state index in [4.69, 9.17) is 17.3 Å². The Hall–Kier alpha value is -2.06. The summed E-state index contributed by atoms with van der Waals surface area (Å²) in [6, 6.07) is 14.2. The van der Waals surface area contributed by atoms with Crippen molar-refractivity contribution >= 4 is 29.1 Å². The Morgan fingerprint density at radius 2 is 1.72 bits per heavy atom. The second-order valence-electron chi connectivity index (χ2n) is 3.83. The number of para-hydroxylation sites is 1. The fourth-order valence-electron chi connectivity index (χ4n) is 1.54. The molecule has 2 rings (SSSR count). The van der Waals surface area contributed by atoms with Crippen LogP contribution < -0.4 is 5.73 Å². The third-order valence-electron chi connectivity index (χ3n) is 2.54. The lowest BCUT2D eigenvalue weighted by molar-refractivity contribution is 0.104. The van der Waals surface area contributed by atoms with Gasteiger partial charge in [-0.1, -0.05) is 29.8 Å². The molecule has 0 fully saturated rings. The number of benzene rings is 2. The van der Waals surface area contributed by atoms with Crippen molar-refractivity contribution in [1.82, 2.24) is 0 Å². The zero-order valence-electron chi connectivity index (χ0n) is 9.64. The summed E-state index contributed by atoms with van der Waals surface area (Å²) in [5.74, 6) is -0.0741. The summed E-state index contributed by atoms with van der Waals surface area (Å²) in [4.78, 5) is 11.9. The molecule has 2 nitrogen and oxygen atoms in total. The zero-order valence-corrected chi connectivity index (χ0v) is 10.4. The number of rotatable bonds is 3. The average molecular weight is 258 g/mol. The Labute approximate surface area is 111 Å². The molecule has 18 heavy (non-hydrogen) atoms. The molecule has 0 spiro atoms. The normalized spacial score (nSPS) is 10.7. The van der Waals surface area contributed by atoms with Gasteiger partial charge in [0.15, 0.2) is 5.78 Å². The lowest BCUT2D eigenvalue weighted by Crippen LogP contribution is -1.94. The lowest BCUT2D eigenvalue weighted by atomic mass is 10.1. The molecule has 3 heteroatoms. The summed E-state index contributed by atoms with van der Waals surface area (Å²) in [5, 5.41) is 0.614. The molecule has 0 aliphatic heterocycles. The van der Waals surface area contributed by atoms with Gasteiger partial charge in [0.1, 0.15) is 0 Å². The molecule has 0 bridgehead atoms. The molecule has 90 valence electrons. The van der Waals surface area contributed by atoms with Gasteiger partial charge in [-0.05, 0) is 48.0 Å². The first kappa shape index (κ1) is 12.4. The maximum Gasteiger partial charge on any atom is 0.185 e. The highest BCUT2D eigenvalue weighted by molar-refractivity contribution is 6.30. The first-order valence-corrected chi connectivity index (χ1v) is 5.87. The van der Waals surface area contributed by atoms with Crippen molar-refractivity contribution in [2.45, 2.75) is 0 Å². The summed E-state index contributed by atoms with van der Waals surface area (Å²) >= 11 is 5.76. The van der Waals surface area contributed by atoms with Gasteiger partial charge >= 0.3 is 0 Å². The standard InChI is InChI=1S/C15H12ClNO/c16-13-8-5-12(6-9-13)15(18)10-7-11-3-1-2-4-14(11)17/h1-10H,17H2. The molecule has 0 aliphatic rings. The molecule has 0 atom stereocenters. The number of nitrogen functional groups attached to an aromatic ring is 1. The largest absolute Gasteiger partial charge is 0.398 e. The lowest BCUT2D eigenvalue weighted by Gasteiger charge is -1.99. The van der Waals surface area contributed by atoms with Gasteiger partial charge in [-0.3, -0.25) is 4.79 Å². The molecule has 0 amide bonds. The number of nitrogens with two attached hydrogens (primary N) is 1. The van der Waals surface area contributed by atoms with Crippen LogP contribution in [0, 0.1) is 0 Å². The number of carbonyl (C=O) groups is 1. The Morgan fingerprint density at radius 1 is 1.06 bits per heavy atom. The minimum absolute atomic E-state index is 0.0741. The van der Waals surface area contributed by atoms with Crippen molar-refractivity contribution < 1.29 is 4.79 Å². The van der Waals surface area contributed by atoms with Gasteiger partial charge in [0, 0.05) is 16.3 Å². The second kappa shape index (κ2) is 5.52. The van der Waals surface area contributed by atoms with E-state index in [1.54, 1.807) is 36.4 Å². The Balaban J connectivity index is 2.17. The van der Waals surface area contributed by atoms with Crippen LogP contribution in [-0.4, -0.2) is 5.78 Å². The maximum absolute atomic E-state index is 11.9. The smallest absolute Gasteiger partial charge is 0.185 e. The van der Waals surface area contributed by atoms with Gasteiger partial charge < -0.3 is 5.73 Å². The minimum atomic E-state index is -0.0741. The SMILES string of the molecule is Nc1ccccc1C=CC(=O)c1ccc(Cl)cc1. The van der Waals surface area contributed by atoms with Crippen LogP contribution in [0.4, 0.5) is 5.69 Å². The Bertz CT molecular complexity index is 588. The topological polar surface area (TPSA) is 43.1 Å². The van der Waals surface area contributed by atoms with E-state index in [9.17, 15) is 4.79 Å². The molecule has 0 heterocycles. The first-order valence-electron chi connectivity index (χ1n) is 5.49. The molecule has 0 unspecified atom stereocenters. The van der Waals surface area contributed by atoms with Gasteiger partial charge in [-0.15, -0.1) is 0 Å². The Morgan fingerprint density at radius 3 is 2.39 bits per heavy atom. The quantitative estimate of drug-likeness (QED) is 0.516. The number of hydrogen-bond donors (Lipinski definition) is 1. The van der Waals surface area contributed by atoms with Crippen LogP contribution in [0.25, 0.3) is 6.08 Å². The third-order valence-corrected chi connectivity index (χ3v) is 2.79. The number of allylic oxidation sites excluding steroid dienone is 1. The number of carbonyl (C=O) groups excluding carboxylic acids is 1. The number of anilines is 1. The minimum Gasteiger partial charge on any atom is -0.398 e. The van der Waals surface area contributed by atoms with Gasteiger partial charge in [0.2, 0.25) is 0 Å². The molecule has 2 aromatic rings. The summed E-state index contributed by atoms with van der Waals surface area (Å²) < 4.78 is 0. The highest BCUT2D eigenvalue weighted by atomic mass is 35.5. The van der Waals surface area contributed by atoms with Gasteiger partial charge in [0.25, 0.3) is 0 Å². The van der Waals surface area contributed by atoms with E-state index in [-0.39, 0.29) is 5.78 Å². The predicted molar refractivity (Wildman–Crippen MR) is 75.7 cm³/mol. The number of halogens is 1. The van der Waals surface area contributed by atoms with Gasteiger partial charge in [-0.2, -0.15) is 0 Å². The zero-order chi connectivity index (χ0) is 13.0. The first-order chi connectivity index (χ1) is 8.66. The number of hydrogen-bond acceptors (Lipinski definition) is 2. The molecule has 2 aromatic carbocycles. The average Bonchev–Trinajstić information content (AvgIpc) is 2.38. The fourth-order valence-corrected chi connectivity index (χ4v) is 1.66. The van der Waals surface area contributed by atoms with E-state index in [2.05, 4.69) is 0 Å². The van der Waals surface area contributed by atoms with Gasteiger partial charge in [0.05, 0.1) is 0 Å². The predicted octanol–water partition coefficient (Wildman–Crippen LogP) is 3.82.